The number of para-hydroxylation sites is 1. The van der Waals surface area contributed by atoms with Crippen LogP contribution in [0.25, 0.3) is 11.3 Å². The fraction of sp³-hybridized carbons (Fsp3) is 0.111. The van der Waals surface area contributed by atoms with E-state index in [0.717, 1.165) is 24.2 Å². The molecule has 108 valence electrons. The minimum atomic E-state index is -0.244. The Morgan fingerprint density at radius 1 is 0.955 bits per heavy atom. The molecule has 0 N–H and O–H groups in total. The number of fused-ring (bicyclic) bond motifs is 1. The van der Waals surface area contributed by atoms with E-state index in [0.29, 0.717) is 5.95 Å². The lowest BCUT2D eigenvalue weighted by atomic mass is 10.1. The number of anilines is 2. The van der Waals surface area contributed by atoms with Crippen LogP contribution < -0.4 is 4.90 Å². The third-order valence-electron chi connectivity index (χ3n) is 3.91. The molecule has 22 heavy (non-hydrogen) atoms. The van der Waals surface area contributed by atoms with Crippen LogP contribution in [0, 0.1) is 5.82 Å². The zero-order valence-electron chi connectivity index (χ0n) is 11.9. The zero-order valence-corrected chi connectivity index (χ0v) is 11.9. The molecule has 1 aromatic heterocycles. The number of hydrogen-bond donors (Lipinski definition) is 0. The monoisotopic (exact) mass is 291 g/mol. The predicted molar refractivity (Wildman–Crippen MR) is 84.6 cm³/mol. The Morgan fingerprint density at radius 3 is 2.64 bits per heavy atom. The minimum absolute atomic E-state index is 0.244. The summed E-state index contributed by atoms with van der Waals surface area (Å²) < 4.78 is 13.1. The summed E-state index contributed by atoms with van der Waals surface area (Å²) in [7, 11) is 0. The lowest BCUT2D eigenvalue weighted by Gasteiger charge is -2.17. The SMILES string of the molecule is Fc1ccc(-c2ccnc(N3CCc4ccccc43)n2)cc1. The Kier molecular flexibility index (Phi) is 3.07. The molecular weight excluding hydrogens is 277 g/mol. The van der Waals surface area contributed by atoms with Crippen LogP contribution in [-0.4, -0.2) is 16.5 Å². The van der Waals surface area contributed by atoms with Crippen LogP contribution in [0.15, 0.2) is 60.8 Å². The van der Waals surface area contributed by atoms with Crippen LogP contribution in [0.3, 0.4) is 0 Å². The van der Waals surface area contributed by atoms with Crippen LogP contribution in [0.5, 0.6) is 0 Å². The Hall–Kier alpha value is -2.75. The molecule has 3 nitrogen and oxygen atoms in total. The van der Waals surface area contributed by atoms with Gasteiger partial charge >= 0.3 is 0 Å². The second-order valence-electron chi connectivity index (χ2n) is 5.28. The van der Waals surface area contributed by atoms with Crippen molar-refractivity contribution in [3.63, 3.8) is 0 Å². The van der Waals surface area contributed by atoms with E-state index < -0.39 is 0 Å². The van der Waals surface area contributed by atoms with Gasteiger partial charge in [-0.3, -0.25) is 0 Å². The van der Waals surface area contributed by atoms with Crippen molar-refractivity contribution in [2.75, 3.05) is 11.4 Å². The predicted octanol–water partition coefficient (Wildman–Crippen LogP) is 3.98. The molecule has 0 amide bonds. The van der Waals surface area contributed by atoms with Crippen LogP contribution in [0.2, 0.25) is 0 Å². The number of hydrogen-bond acceptors (Lipinski definition) is 3. The highest BCUT2D eigenvalue weighted by atomic mass is 19.1. The molecule has 0 saturated heterocycles. The average Bonchev–Trinajstić information content (AvgIpc) is 3.00. The molecule has 0 aliphatic carbocycles. The maximum Gasteiger partial charge on any atom is 0.230 e. The largest absolute Gasteiger partial charge is 0.310 e. The van der Waals surface area contributed by atoms with E-state index >= 15 is 0 Å². The molecule has 1 aliphatic heterocycles. The number of benzene rings is 2. The summed E-state index contributed by atoms with van der Waals surface area (Å²) in [4.78, 5) is 11.2. The smallest absolute Gasteiger partial charge is 0.230 e. The Balaban J connectivity index is 1.73. The second kappa shape index (κ2) is 5.22. The lowest BCUT2D eigenvalue weighted by molar-refractivity contribution is 0.628. The molecule has 0 spiro atoms. The van der Waals surface area contributed by atoms with E-state index in [1.807, 2.05) is 12.1 Å². The van der Waals surface area contributed by atoms with Crippen LogP contribution in [0.1, 0.15) is 5.56 Å². The van der Waals surface area contributed by atoms with Gasteiger partial charge in [-0.05, 0) is 48.4 Å². The van der Waals surface area contributed by atoms with Gasteiger partial charge in [-0.15, -0.1) is 0 Å². The molecule has 0 fully saturated rings. The zero-order chi connectivity index (χ0) is 14.9. The summed E-state index contributed by atoms with van der Waals surface area (Å²) in [5.74, 6) is 0.443. The quantitative estimate of drug-likeness (QED) is 0.715. The Bertz CT molecular complexity index is 815. The van der Waals surface area contributed by atoms with Crippen molar-refractivity contribution in [2.45, 2.75) is 6.42 Å². The maximum atomic E-state index is 13.1. The molecule has 2 heterocycles. The molecule has 0 atom stereocenters. The summed E-state index contributed by atoms with van der Waals surface area (Å²) in [5, 5.41) is 0. The van der Waals surface area contributed by atoms with E-state index in [1.54, 1.807) is 18.3 Å². The van der Waals surface area contributed by atoms with Gasteiger partial charge in [0.05, 0.1) is 5.69 Å². The minimum Gasteiger partial charge on any atom is -0.310 e. The van der Waals surface area contributed by atoms with Crippen LogP contribution in [-0.2, 0) is 6.42 Å². The van der Waals surface area contributed by atoms with Gasteiger partial charge in [0, 0.05) is 24.0 Å². The number of halogens is 1. The molecule has 2 aromatic carbocycles. The third kappa shape index (κ3) is 2.22. The molecule has 1 aliphatic rings. The maximum absolute atomic E-state index is 13.1. The number of rotatable bonds is 2. The lowest BCUT2D eigenvalue weighted by Crippen LogP contribution is -2.16. The number of nitrogens with zero attached hydrogens (tertiary/aromatic N) is 3. The second-order valence-corrected chi connectivity index (χ2v) is 5.28. The van der Waals surface area contributed by atoms with E-state index in [4.69, 9.17) is 0 Å². The van der Waals surface area contributed by atoms with Crippen molar-refractivity contribution >= 4 is 11.6 Å². The van der Waals surface area contributed by atoms with Gasteiger partial charge in [0.1, 0.15) is 5.82 Å². The van der Waals surface area contributed by atoms with Gasteiger partial charge in [0.15, 0.2) is 0 Å². The van der Waals surface area contributed by atoms with Crippen molar-refractivity contribution in [1.82, 2.24) is 9.97 Å². The standard InChI is InChI=1S/C18H14FN3/c19-15-7-5-13(6-8-15)16-9-11-20-18(21-16)22-12-10-14-3-1-2-4-17(14)22/h1-9,11H,10,12H2. The van der Waals surface area contributed by atoms with Gasteiger partial charge in [0.2, 0.25) is 5.95 Å². The fourth-order valence-corrected chi connectivity index (χ4v) is 2.81. The molecule has 4 rings (SSSR count). The first-order valence-corrected chi connectivity index (χ1v) is 7.26. The first kappa shape index (κ1) is 13.0. The molecule has 4 heteroatoms. The summed E-state index contributed by atoms with van der Waals surface area (Å²) in [6.45, 7) is 0.881. The number of aromatic nitrogens is 2. The van der Waals surface area contributed by atoms with E-state index in [2.05, 4.69) is 33.1 Å². The van der Waals surface area contributed by atoms with Crippen molar-refractivity contribution < 1.29 is 4.39 Å². The van der Waals surface area contributed by atoms with Gasteiger partial charge in [0.25, 0.3) is 0 Å². The summed E-state index contributed by atoms with van der Waals surface area (Å²) >= 11 is 0. The molecule has 0 unspecified atom stereocenters. The Morgan fingerprint density at radius 2 is 1.77 bits per heavy atom. The van der Waals surface area contributed by atoms with E-state index in [1.165, 1.54) is 23.4 Å². The molecule has 0 saturated carbocycles. The van der Waals surface area contributed by atoms with E-state index in [-0.39, 0.29) is 5.82 Å². The summed E-state index contributed by atoms with van der Waals surface area (Å²) in [5.41, 5.74) is 4.17. The molecular formula is C18H14FN3. The topological polar surface area (TPSA) is 29.0 Å². The van der Waals surface area contributed by atoms with Crippen molar-refractivity contribution in [1.29, 1.82) is 0 Å². The normalized spacial score (nSPS) is 13.2. The Labute approximate surface area is 128 Å². The first-order chi connectivity index (χ1) is 10.8. The molecule has 0 radical (unpaired) electrons. The van der Waals surface area contributed by atoms with Crippen molar-refractivity contribution in [3.8, 4) is 11.3 Å². The van der Waals surface area contributed by atoms with Crippen LogP contribution in [0.4, 0.5) is 16.0 Å². The average molecular weight is 291 g/mol. The van der Waals surface area contributed by atoms with Gasteiger partial charge < -0.3 is 4.90 Å². The van der Waals surface area contributed by atoms with Crippen molar-refractivity contribution in [3.05, 3.63) is 72.2 Å². The third-order valence-corrected chi connectivity index (χ3v) is 3.91. The highest BCUT2D eigenvalue weighted by molar-refractivity contribution is 5.67. The van der Waals surface area contributed by atoms with Gasteiger partial charge in [-0.1, -0.05) is 18.2 Å². The van der Waals surface area contributed by atoms with E-state index in [9.17, 15) is 4.39 Å². The molecule has 3 aromatic rings. The van der Waals surface area contributed by atoms with Gasteiger partial charge in [-0.25, -0.2) is 14.4 Å². The fourth-order valence-electron chi connectivity index (χ4n) is 2.81. The van der Waals surface area contributed by atoms with Crippen molar-refractivity contribution in [2.24, 2.45) is 0 Å². The summed E-state index contributed by atoms with van der Waals surface area (Å²) in [6.07, 6.45) is 2.75. The first-order valence-electron chi connectivity index (χ1n) is 7.26. The summed E-state index contributed by atoms with van der Waals surface area (Å²) in [6, 6.07) is 16.5. The van der Waals surface area contributed by atoms with Gasteiger partial charge in [-0.2, -0.15) is 0 Å². The highest BCUT2D eigenvalue weighted by Gasteiger charge is 2.21. The molecule has 0 bridgehead atoms. The highest BCUT2D eigenvalue weighted by Crippen LogP contribution is 2.32. The van der Waals surface area contributed by atoms with Crippen LogP contribution >= 0.6 is 0 Å².